The summed E-state index contributed by atoms with van der Waals surface area (Å²) in [5.41, 5.74) is 1.53. The topological polar surface area (TPSA) is 0 Å². The van der Waals surface area contributed by atoms with Crippen molar-refractivity contribution in [2.24, 2.45) is 0 Å². The van der Waals surface area contributed by atoms with E-state index in [1.807, 2.05) is 11.8 Å². The van der Waals surface area contributed by atoms with Gasteiger partial charge in [0, 0.05) is 0 Å². The standard InChI is InChI=1S/C11H6BrS.C5H5.2ClH.Zr/c12-10-6-8-5-7-3-1-2-4-9(7)11(8)13-10;1-2-4-5-3-1;;;/h1-5,10H;1-3H,4H2;2*1H;/q;;;;+2/p-2. The van der Waals surface area contributed by atoms with Crippen molar-refractivity contribution < 1.29 is 48.0 Å². The van der Waals surface area contributed by atoms with Crippen molar-refractivity contribution in [2.45, 2.75) is 10.6 Å². The van der Waals surface area contributed by atoms with E-state index >= 15 is 0 Å². The number of thioether (sulfide) groups is 1. The quantitative estimate of drug-likeness (QED) is 0.417. The van der Waals surface area contributed by atoms with E-state index in [1.54, 1.807) is 6.56 Å². The van der Waals surface area contributed by atoms with Gasteiger partial charge >= 0.3 is 138 Å². The molecule has 0 saturated carbocycles. The zero-order valence-corrected chi connectivity index (χ0v) is 17.3. The molecule has 2 aliphatic carbocycles. The molecule has 0 spiro atoms. The van der Waals surface area contributed by atoms with Gasteiger partial charge in [0.1, 0.15) is 0 Å². The average Bonchev–Trinajstić information content (AvgIpc) is 3.09. The van der Waals surface area contributed by atoms with Crippen LogP contribution < -0.4 is 35.3 Å². The maximum atomic E-state index is 3.88. The Kier molecular flexibility index (Phi) is 6.25. The molecule has 1 atom stereocenters. The Morgan fingerprint density at radius 1 is 1.19 bits per heavy atom. The molecule has 0 nitrogen and oxygen atoms in total. The van der Waals surface area contributed by atoms with Gasteiger partial charge in [0.15, 0.2) is 0 Å². The molecule has 0 bridgehead atoms. The van der Waals surface area contributed by atoms with E-state index in [-0.39, 0.29) is 24.8 Å². The predicted molar refractivity (Wildman–Crippen MR) is 82.7 cm³/mol. The molecule has 1 unspecified atom stereocenters. The Hall–Kier alpha value is 0.473. The molecule has 0 amide bonds. The Bertz CT molecular complexity index is 780. The second-order valence-electron chi connectivity index (χ2n) is 4.77. The zero-order valence-electron chi connectivity index (χ0n) is 10.9. The van der Waals surface area contributed by atoms with Crippen LogP contribution >= 0.6 is 27.7 Å². The summed E-state index contributed by atoms with van der Waals surface area (Å²) in [7, 11) is 0. The molecule has 1 aliphatic heterocycles. The Balaban J connectivity index is 0.000000807. The first-order chi connectivity index (χ1) is 9.33. The number of rotatable bonds is 2. The number of hydrogen-bond donors (Lipinski definition) is 0. The van der Waals surface area contributed by atoms with Gasteiger partial charge in [-0.2, -0.15) is 0 Å². The van der Waals surface area contributed by atoms with E-state index in [1.165, 1.54) is 27.3 Å². The molecule has 0 fully saturated rings. The van der Waals surface area contributed by atoms with E-state index in [0.717, 1.165) is 0 Å². The number of alkyl halides is 1. The van der Waals surface area contributed by atoms with E-state index in [2.05, 4.69) is 64.5 Å². The zero-order chi connectivity index (χ0) is 12.8. The van der Waals surface area contributed by atoms with Crippen LogP contribution in [0, 0.1) is 0 Å². The minimum absolute atomic E-state index is 0. The number of hydrogen-bond acceptors (Lipinski definition) is 1. The second-order valence-corrected chi connectivity index (χ2v) is 10.9. The van der Waals surface area contributed by atoms with Gasteiger partial charge < -0.3 is 24.8 Å². The molecule has 3 aliphatic rings. The van der Waals surface area contributed by atoms with Gasteiger partial charge in [0.2, 0.25) is 0 Å². The van der Waals surface area contributed by atoms with Crippen molar-refractivity contribution in [3.8, 4) is 0 Å². The number of allylic oxidation sites excluding steroid dienone is 4. The fourth-order valence-corrected chi connectivity index (χ4v) is 9.12. The summed E-state index contributed by atoms with van der Waals surface area (Å²) in [4.78, 5) is 1.50. The smallest absolute Gasteiger partial charge is 1.00 e. The van der Waals surface area contributed by atoms with Crippen molar-refractivity contribution >= 4 is 38.7 Å². The van der Waals surface area contributed by atoms with Gasteiger partial charge in [-0.3, -0.25) is 0 Å². The maximum absolute atomic E-state index is 3.88. The summed E-state index contributed by atoms with van der Waals surface area (Å²) in [5.74, 6) is 0. The Morgan fingerprint density at radius 2 is 2.00 bits per heavy atom. The van der Waals surface area contributed by atoms with Crippen LogP contribution in [0.3, 0.4) is 0 Å². The Morgan fingerprint density at radius 3 is 2.76 bits per heavy atom. The number of fused-ring (bicyclic) bond motifs is 2. The fourth-order valence-electron chi connectivity index (χ4n) is 2.64. The minimum Gasteiger partial charge on any atom is -1.00 e. The first kappa shape index (κ1) is 17.8. The minimum atomic E-state index is -0.601. The SMILES string of the molecule is BrC1SC2=c3ccccc3=CC2=[C]1[Zr+2][C]1=CC=CC1.[Cl-].[Cl-]. The van der Waals surface area contributed by atoms with Crippen molar-refractivity contribution in [1.29, 1.82) is 0 Å². The molecule has 0 radical (unpaired) electrons. The third-order valence-corrected chi connectivity index (χ3v) is 11.0. The van der Waals surface area contributed by atoms with Crippen LogP contribution in [0.4, 0.5) is 0 Å². The Labute approximate surface area is 161 Å². The first-order valence-corrected chi connectivity index (χ1v) is 10.6. The van der Waals surface area contributed by atoms with Gasteiger partial charge in [-0.15, -0.1) is 0 Å². The van der Waals surface area contributed by atoms with Gasteiger partial charge in [0.25, 0.3) is 0 Å². The van der Waals surface area contributed by atoms with Gasteiger partial charge in [-0.05, 0) is 0 Å². The van der Waals surface area contributed by atoms with Crippen LogP contribution in [0.2, 0.25) is 0 Å². The van der Waals surface area contributed by atoms with Crippen molar-refractivity contribution in [3.05, 3.63) is 65.1 Å². The van der Waals surface area contributed by atoms with E-state index in [4.69, 9.17) is 0 Å². The van der Waals surface area contributed by atoms with E-state index in [9.17, 15) is 0 Å². The molecule has 0 N–H and O–H groups in total. The molecule has 5 heteroatoms. The molecule has 1 aromatic carbocycles. The largest absolute Gasteiger partial charge is 1.00 e. The van der Waals surface area contributed by atoms with Gasteiger partial charge in [-0.1, -0.05) is 0 Å². The summed E-state index contributed by atoms with van der Waals surface area (Å²) < 4.78 is 3.91. The summed E-state index contributed by atoms with van der Waals surface area (Å²) in [6.45, 7) is 0. The van der Waals surface area contributed by atoms with Crippen molar-refractivity contribution in [3.63, 3.8) is 0 Å². The second kappa shape index (κ2) is 7.36. The molecule has 106 valence electrons. The summed E-state index contributed by atoms with van der Waals surface area (Å²) >= 11 is 5.27. The number of halogens is 3. The summed E-state index contributed by atoms with van der Waals surface area (Å²) in [6.07, 6.45) is 10.4. The van der Waals surface area contributed by atoms with Gasteiger partial charge in [-0.25, -0.2) is 0 Å². The van der Waals surface area contributed by atoms with Gasteiger partial charge in [0.05, 0.1) is 0 Å². The predicted octanol–water partition coefficient (Wildman–Crippen LogP) is -2.75. The van der Waals surface area contributed by atoms with Crippen LogP contribution in [-0.2, 0) is 23.2 Å². The molecule has 0 saturated heterocycles. The van der Waals surface area contributed by atoms with Crippen LogP contribution in [0.15, 0.2) is 54.6 Å². The van der Waals surface area contributed by atoms with Crippen LogP contribution in [0.25, 0.3) is 11.0 Å². The average molecular weight is 477 g/mol. The molecule has 0 aromatic heterocycles. The third kappa shape index (κ3) is 3.23. The third-order valence-electron chi connectivity index (χ3n) is 3.55. The van der Waals surface area contributed by atoms with Crippen molar-refractivity contribution in [2.75, 3.05) is 0 Å². The summed E-state index contributed by atoms with van der Waals surface area (Å²) in [6, 6.07) is 8.77. The first-order valence-electron chi connectivity index (χ1n) is 6.32. The van der Waals surface area contributed by atoms with Crippen LogP contribution in [-0.4, -0.2) is 4.16 Å². The maximum Gasteiger partial charge on any atom is -1.00 e. The van der Waals surface area contributed by atoms with Crippen molar-refractivity contribution in [1.82, 2.24) is 0 Å². The number of benzene rings is 1. The van der Waals surface area contributed by atoms with Crippen LogP contribution in [0.1, 0.15) is 6.42 Å². The molecular weight excluding hydrogens is 466 g/mol. The monoisotopic (exact) mass is 474 g/mol. The molecule has 1 aromatic rings. The summed E-state index contributed by atoms with van der Waals surface area (Å²) in [5, 5.41) is 2.83. The molecule has 4 rings (SSSR count). The molecular formula is C16H11BrCl2SZr. The fraction of sp³-hybridized carbons (Fsp3) is 0.125. The molecule has 21 heavy (non-hydrogen) atoms. The van der Waals surface area contributed by atoms with Crippen LogP contribution in [0.5, 0.6) is 0 Å². The molecule has 1 heterocycles. The van der Waals surface area contributed by atoms with E-state index < -0.39 is 23.2 Å². The van der Waals surface area contributed by atoms with E-state index in [0.29, 0.717) is 4.16 Å². The normalized spacial score (nSPS) is 20.9.